The van der Waals surface area contributed by atoms with Gasteiger partial charge in [-0.1, -0.05) is 26.2 Å². The third-order valence-corrected chi connectivity index (χ3v) is 3.50. The van der Waals surface area contributed by atoms with Crippen LogP contribution < -0.4 is 5.73 Å². The first kappa shape index (κ1) is 17.1. The highest BCUT2D eigenvalue weighted by Gasteiger charge is 2.18. The number of carbonyl (C=O) groups is 1. The molecule has 3 N–H and O–H groups in total. The number of nitrogens with zero attached hydrogens (tertiary/aromatic N) is 2. The second-order valence-electron chi connectivity index (χ2n) is 5.30. The number of aromatic amines is 1. The van der Waals surface area contributed by atoms with Crippen LogP contribution >= 0.6 is 0 Å². The van der Waals surface area contributed by atoms with E-state index in [0.717, 1.165) is 19.3 Å². The van der Waals surface area contributed by atoms with Gasteiger partial charge in [0.15, 0.2) is 5.69 Å². The summed E-state index contributed by atoms with van der Waals surface area (Å²) in [6.45, 7) is 3.00. The standard InChI is InChI=1S/C16H21FN4O2/c1-2-3-4-5-8-23-10-11-9-12(17)6-7-13(11)14-15(16(18)22)20-21-19-14/h6-7,9H,2-5,8,10H2,1H3,(H2,18,22)(H,19,20,21). The maximum Gasteiger partial charge on any atom is 0.271 e. The van der Waals surface area contributed by atoms with Crippen molar-refractivity contribution in [2.45, 2.75) is 39.2 Å². The average Bonchev–Trinajstić information content (AvgIpc) is 3.00. The fourth-order valence-electron chi connectivity index (χ4n) is 2.32. The fraction of sp³-hybridized carbons (Fsp3) is 0.438. The molecule has 0 bridgehead atoms. The number of benzene rings is 1. The van der Waals surface area contributed by atoms with Crippen LogP contribution in [-0.4, -0.2) is 27.9 Å². The number of hydrogen-bond acceptors (Lipinski definition) is 4. The summed E-state index contributed by atoms with van der Waals surface area (Å²) < 4.78 is 19.2. The van der Waals surface area contributed by atoms with Crippen molar-refractivity contribution < 1.29 is 13.9 Å². The van der Waals surface area contributed by atoms with Gasteiger partial charge in [0.1, 0.15) is 11.5 Å². The molecular formula is C16H21FN4O2. The predicted molar refractivity (Wildman–Crippen MR) is 84.1 cm³/mol. The highest BCUT2D eigenvalue weighted by atomic mass is 19.1. The van der Waals surface area contributed by atoms with E-state index in [1.54, 1.807) is 6.07 Å². The highest BCUT2D eigenvalue weighted by molar-refractivity contribution is 5.97. The maximum atomic E-state index is 13.5. The van der Waals surface area contributed by atoms with Crippen molar-refractivity contribution in [2.24, 2.45) is 5.73 Å². The fourth-order valence-corrected chi connectivity index (χ4v) is 2.32. The summed E-state index contributed by atoms with van der Waals surface area (Å²) in [6.07, 6.45) is 4.42. The van der Waals surface area contributed by atoms with Crippen molar-refractivity contribution in [1.82, 2.24) is 15.4 Å². The third kappa shape index (κ3) is 4.59. The Morgan fingerprint density at radius 2 is 2.13 bits per heavy atom. The summed E-state index contributed by atoms with van der Waals surface area (Å²) in [4.78, 5) is 11.4. The van der Waals surface area contributed by atoms with Crippen molar-refractivity contribution in [2.75, 3.05) is 6.61 Å². The number of aromatic nitrogens is 3. The Hall–Kier alpha value is -2.28. The molecule has 23 heavy (non-hydrogen) atoms. The summed E-state index contributed by atoms with van der Waals surface area (Å²) in [5.41, 5.74) is 6.81. The Balaban J connectivity index is 2.11. The van der Waals surface area contributed by atoms with Crippen LogP contribution in [0.5, 0.6) is 0 Å². The second kappa shape index (κ2) is 8.38. The molecule has 0 unspecified atom stereocenters. The number of nitrogens with one attached hydrogen (secondary N) is 1. The first-order valence-corrected chi connectivity index (χ1v) is 7.70. The smallest absolute Gasteiger partial charge is 0.271 e. The summed E-state index contributed by atoms with van der Waals surface area (Å²) in [7, 11) is 0. The number of carbonyl (C=O) groups excluding carboxylic acids is 1. The summed E-state index contributed by atoms with van der Waals surface area (Å²) in [5.74, 6) is -1.06. The van der Waals surface area contributed by atoms with Crippen LogP contribution in [0.1, 0.15) is 48.7 Å². The van der Waals surface area contributed by atoms with E-state index in [1.807, 2.05) is 0 Å². The van der Waals surface area contributed by atoms with Gasteiger partial charge in [0, 0.05) is 12.2 Å². The predicted octanol–water partition coefficient (Wildman–Crippen LogP) is 2.81. The van der Waals surface area contributed by atoms with Gasteiger partial charge in [0.05, 0.1) is 6.61 Å². The van der Waals surface area contributed by atoms with Crippen molar-refractivity contribution >= 4 is 5.91 Å². The first-order chi connectivity index (χ1) is 11.1. The summed E-state index contributed by atoms with van der Waals surface area (Å²) in [5, 5.41) is 10.1. The SMILES string of the molecule is CCCCCCOCc1cc(F)ccc1-c1n[nH]nc1C(N)=O. The van der Waals surface area contributed by atoms with E-state index >= 15 is 0 Å². The van der Waals surface area contributed by atoms with Crippen LogP contribution in [0.25, 0.3) is 11.3 Å². The number of H-pyrrole nitrogens is 1. The average molecular weight is 320 g/mol. The Kier molecular flexibility index (Phi) is 6.22. The Bertz CT molecular complexity index is 657. The van der Waals surface area contributed by atoms with Crippen molar-refractivity contribution in [1.29, 1.82) is 0 Å². The van der Waals surface area contributed by atoms with Gasteiger partial charge in [0.2, 0.25) is 0 Å². The number of hydrogen-bond donors (Lipinski definition) is 2. The number of nitrogens with two attached hydrogens (primary N) is 1. The number of halogens is 1. The number of rotatable bonds is 9. The lowest BCUT2D eigenvalue weighted by Crippen LogP contribution is -2.13. The van der Waals surface area contributed by atoms with E-state index in [-0.39, 0.29) is 18.1 Å². The molecule has 0 fully saturated rings. The van der Waals surface area contributed by atoms with Crippen LogP contribution in [0.4, 0.5) is 4.39 Å². The lowest BCUT2D eigenvalue weighted by molar-refractivity contribution is 0.0996. The van der Waals surface area contributed by atoms with Gasteiger partial charge in [-0.3, -0.25) is 4.79 Å². The van der Waals surface area contributed by atoms with E-state index in [0.29, 0.717) is 23.4 Å². The molecule has 1 amide bonds. The monoisotopic (exact) mass is 320 g/mol. The molecule has 124 valence electrons. The molecule has 7 heteroatoms. The molecular weight excluding hydrogens is 299 g/mol. The molecule has 1 aromatic carbocycles. The van der Waals surface area contributed by atoms with E-state index in [2.05, 4.69) is 22.3 Å². The molecule has 0 aliphatic rings. The van der Waals surface area contributed by atoms with E-state index in [4.69, 9.17) is 10.5 Å². The molecule has 0 atom stereocenters. The van der Waals surface area contributed by atoms with Crippen LogP contribution in [0.15, 0.2) is 18.2 Å². The normalized spacial score (nSPS) is 10.9. The van der Waals surface area contributed by atoms with Crippen LogP contribution in [-0.2, 0) is 11.3 Å². The van der Waals surface area contributed by atoms with Crippen LogP contribution in [0.2, 0.25) is 0 Å². The minimum Gasteiger partial charge on any atom is -0.377 e. The highest BCUT2D eigenvalue weighted by Crippen LogP contribution is 2.25. The van der Waals surface area contributed by atoms with Gasteiger partial charge in [-0.2, -0.15) is 15.4 Å². The number of amides is 1. The molecule has 2 aromatic rings. The lowest BCUT2D eigenvalue weighted by Gasteiger charge is -2.09. The quantitative estimate of drug-likeness (QED) is 0.695. The van der Waals surface area contributed by atoms with Crippen LogP contribution in [0, 0.1) is 5.82 Å². The molecule has 1 heterocycles. The van der Waals surface area contributed by atoms with Gasteiger partial charge in [-0.05, 0) is 30.2 Å². The zero-order valence-electron chi connectivity index (χ0n) is 13.1. The van der Waals surface area contributed by atoms with Crippen molar-refractivity contribution in [3.8, 4) is 11.3 Å². The topological polar surface area (TPSA) is 93.9 Å². The van der Waals surface area contributed by atoms with Crippen molar-refractivity contribution in [3.05, 3.63) is 35.3 Å². The van der Waals surface area contributed by atoms with Crippen LogP contribution in [0.3, 0.4) is 0 Å². The molecule has 2 rings (SSSR count). The summed E-state index contributed by atoms with van der Waals surface area (Å²) in [6, 6.07) is 4.23. The molecule has 6 nitrogen and oxygen atoms in total. The molecule has 0 saturated carbocycles. The number of primary amides is 1. The minimum atomic E-state index is -0.690. The Morgan fingerprint density at radius 1 is 1.30 bits per heavy atom. The zero-order valence-corrected chi connectivity index (χ0v) is 13.1. The van der Waals surface area contributed by atoms with E-state index < -0.39 is 5.91 Å². The molecule has 0 saturated heterocycles. The molecule has 0 aliphatic carbocycles. The zero-order chi connectivity index (χ0) is 16.7. The molecule has 1 aromatic heterocycles. The van der Waals surface area contributed by atoms with Gasteiger partial charge < -0.3 is 10.5 Å². The van der Waals surface area contributed by atoms with Gasteiger partial charge in [-0.15, -0.1) is 0 Å². The molecule has 0 spiro atoms. The lowest BCUT2D eigenvalue weighted by atomic mass is 10.0. The van der Waals surface area contributed by atoms with Gasteiger partial charge >= 0.3 is 0 Å². The van der Waals surface area contributed by atoms with E-state index in [1.165, 1.54) is 18.6 Å². The minimum absolute atomic E-state index is 0.0285. The maximum absolute atomic E-state index is 13.5. The Labute approximate surface area is 134 Å². The van der Waals surface area contributed by atoms with Gasteiger partial charge in [0.25, 0.3) is 5.91 Å². The molecule has 0 radical (unpaired) electrons. The summed E-state index contributed by atoms with van der Waals surface area (Å²) >= 11 is 0. The third-order valence-electron chi connectivity index (χ3n) is 3.50. The largest absolute Gasteiger partial charge is 0.377 e. The Morgan fingerprint density at radius 3 is 2.87 bits per heavy atom. The van der Waals surface area contributed by atoms with Gasteiger partial charge in [-0.25, -0.2) is 4.39 Å². The van der Waals surface area contributed by atoms with Crippen molar-refractivity contribution in [3.63, 3.8) is 0 Å². The number of unbranched alkanes of at least 4 members (excludes halogenated alkanes) is 3. The second-order valence-corrected chi connectivity index (χ2v) is 5.30. The number of ether oxygens (including phenoxy) is 1. The van der Waals surface area contributed by atoms with E-state index in [9.17, 15) is 9.18 Å². The first-order valence-electron chi connectivity index (χ1n) is 7.70. The molecule has 0 aliphatic heterocycles.